The first kappa shape index (κ1) is 10.4. The van der Waals surface area contributed by atoms with Crippen LogP contribution in [0.2, 0.25) is 0 Å². The number of nitrogens with zero attached hydrogens (tertiary/aromatic N) is 1. The second kappa shape index (κ2) is 4.15. The third-order valence-electron chi connectivity index (χ3n) is 2.66. The molecule has 15 heavy (non-hydrogen) atoms. The van der Waals surface area contributed by atoms with Gasteiger partial charge in [0.2, 0.25) is 0 Å². The standard InChI is InChI=1S/C13H12BrN/c1-9-10(2)15-13-6-4-3-5-12(13)11(9)7-8-14/h3-8H,1-2H3/b8-7+. The minimum Gasteiger partial charge on any atom is -0.253 e. The Morgan fingerprint density at radius 1 is 1.20 bits per heavy atom. The molecule has 0 atom stereocenters. The summed E-state index contributed by atoms with van der Waals surface area (Å²) in [6, 6.07) is 8.22. The molecule has 0 spiro atoms. The molecule has 0 aliphatic heterocycles. The normalized spacial score (nSPS) is 11.4. The second-order valence-corrected chi connectivity index (χ2v) is 4.07. The Labute approximate surface area is 98.0 Å². The Bertz CT molecular complexity index is 529. The summed E-state index contributed by atoms with van der Waals surface area (Å²) in [5, 5.41) is 1.20. The minimum absolute atomic E-state index is 1.06. The van der Waals surface area contributed by atoms with Gasteiger partial charge in [0, 0.05) is 11.1 Å². The molecule has 1 aromatic carbocycles. The van der Waals surface area contributed by atoms with Gasteiger partial charge < -0.3 is 0 Å². The van der Waals surface area contributed by atoms with Gasteiger partial charge in [-0.3, -0.25) is 4.98 Å². The average Bonchev–Trinajstić information content (AvgIpc) is 2.25. The maximum atomic E-state index is 4.57. The van der Waals surface area contributed by atoms with Gasteiger partial charge in [0.1, 0.15) is 0 Å². The van der Waals surface area contributed by atoms with Crippen LogP contribution in [0, 0.1) is 13.8 Å². The van der Waals surface area contributed by atoms with Crippen molar-refractivity contribution in [3.05, 3.63) is 46.1 Å². The van der Waals surface area contributed by atoms with Crippen molar-refractivity contribution in [3.8, 4) is 0 Å². The van der Waals surface area contributed by atoms with Crippen LogP contribution in [0.3, 0.4) is 0 Å². The Kier molecular flexibility index (Phi) is 2.87. The lowest BCUT2D eigenvalue weighted by Crippen LogP contribution is -1.93. The third kappa shape index (κ3) is 1.82. The quantitative estimate of drug-likeness (QED) is 0.749. The highest BCUT2D eigenvalue weighted by Crippen LogP contribution is 2.24. The van der Waals surface area contributed by atoms with E-state index in [1.165, 1.54) is 16.5 Å². The highest BCUT2D eigenvalue weighted by atomic mass is 79.9. The number of benzene rings is 1. The monoisotopic (exact) mass is 261 g/mol. The molecule has 2 rings (SSSR count). The molecule has 0 unspecified atom stereocenters. The van der Waals surface area contributed by atoms with Crippen LogP contribution in [0.15, 0.2) is 29.3 Å². The molecule has 0 saturated heterocycles. The maximum absolute atomic E-state index is 4.57. The first-order chi connectivity index (χ1) is 7.24. The average molecular weight is 262 g/mol. The molecule has 0 N–H and O–H groups in total. The molecule has 0 aliphatic rings. The molecule has 1 aromatic heterocycles. The summed E-state index contributed by atoms with van der Waals surface area (Å²) in [6.07, 6.45) is 2.08. The highest BCUT2D eigenvalue weighted by molar-refractivity contribution is 9.11. The van der Waals surface area contributed by atoms with E-state index < -0.39 is 0 Å². The van der Waals surface area contributed by atoms with Crippen molar-refractivity contribution in [1.29, 1.82) is 0 Å². The SMILES string of the molecule is Cc1nc2ccccc2c(/C=C/Br)c1C. The van der Waals surface area contributed by atoms with Gasteiger partial charge in [0.15, 0.2) is 0 Å². The van der Waals surface area contributed by atoms with Crippen LogP contribution in [0.25, 0.3) is 17.0 Å². The van der Waals surface area contributed by atoms with Crippen LogP contribution >= 0.6 is 15.9 Å². The van der Waals surface area contributed by atoms with Crippen molar-refractivity contribution in [1.82, 2.24) is 4.98 Å². The molecule has 0 aliphatic carbocycles. The fourth-order valence-electron chi connectivity index (χ4n) is 1.74. The van der Waals surface area contributed by atoms with E-state index in [4.69, 9.17) is 0 Å². The molecule has 0 amide bonds. The number of rotatable bonds is 1. The summed E-state index contributed by atoms with van der Waals surface area (Å²) >= 11 is 3.33. The van der Waals surface area contributed by atoms with E-state index in [0.717, 1.165) is 11.2 Å². The number of halogens is 1. The molecule has 76 valence electrons. The maximum Gasteiger partial charge on any atom is 0.0711 e. The lowest BCUT2D eigenvalue weighted by molar-refractivity contribution is 1.19. The van der Waals surface area contributed by atoms with Crippen LogP contribution in [0.4, 0.5) is 0 Å². The van der Waals surface area contributed by atoms with E-state index in [1.807, 2.05) is 30.1 Å². The van der Waals surface area contributed by atoms with Crippen LogP contribution in [0.1, 0.15) is 16.8 Å². The van der Waals surface area contributed by atoms with Gasteiger partial charge in [-0.2, -0.15) is 0 Å². The molecular weight excluding hydrogens is 250 g/mol. The van der Waals surface area contributed by atoms with Gasteiger partial charge in [-0.05, 0) is 42.1 Å². The van der Waals surface area contributed by atoms with Crippen LogP contribution in [-0.2, 0) is 0 Å². The summed E-state index contributed by atoms with van der Waals surface area (Å²) < 4.78 is 0. The zero-order valence-corrected chi connectivity index (χ0v) is 10.4. The van der Waals surface area contributed by atoms with E-state index in [9.17, 15) is 0 Å². The topological polar surface area (TPSA) is 12.9 Å². The number of fused-ring (bicyclic) bond motifs is 1. The van der Waals surface area contributed by atoms with E-state index in [-0.39, 0.29) is 0 Å². The van der Waals surface area contributed by atoms with Crippen molar-refractivity contribution in [2.45, 2.75) is 13.8 Å². The van der Waals surface area contributed by atoms with Gasteiger partial charge in [0.25, 0.3) is 0 Å². The summed E-state index contributed by atoms with van der Waals surface area (Å²) in [7, 11) is 0. The number of hydrogen-bond acceptors (Lipinski definition) is 1. The van der Waals surface area contributed by atoms with Gasteiger partial charge >= 0.3 is 0 Å². The fourth-order valence-corrected chi connectivity index (χ4v) is 2.00. The lowest BCUT2D eigenvalue weighted by atomic mass is 10.0. The van der Waals surface area contributed by atoms with Gasteiger partial charge in [-0.15, -0.1) is 0 Å². The van der Waals surface area contributed by atoms with Crippen LogP contribution in [0.5, 0.6) is 0 Å². The van der Waals surface area contributed by atoms with Crippen LogP contribution in [-0.4, -0.2) is 4.98 Å². The Morgan fingerprint density at radius 2 is 1.93 bits per heavy atom. The van der Waals surface area contributed by atoms with Gasteiger partial charge in [-0.25, -0.2) is 0 Å². The molecular formula is C13H12BrN. The predicted octanol–water partition coefficient (Wildman–Crippen LogP) is 4.22. The van der Waals surface area contributed by atoms with Gasteiger partial charge in [0.05, 0.1) is 5.52 Å². The molecule has 1 nitrogen and oxygen atoms in total. The summed E-state index contributed by atoms with van der Waals surface area (Å²) in [5.41, 5.74) is 4.63. The van der Waals surface area contributed by atoms with Crippen LogP contribution < -0.4 is 0 Å². The number of aromatic nitrogens is 1. The minimum atomic E-state index is 1.06. The van der Waals surface area contributed by atoms with E-state index in [1.54, 1.807) is 0 Å². The Morgan fingerprint density at radius 3 is 2.67 bits per heavy atom. The predicted molar refractivity (Wildman–Crippen MR) is 69.2 cm³/mol. The molecule has 0 saturated carbocycles. The first-order valence-electron chi connectivity index (χ1n) is 4.86. The molecule has 1 heterocycles. The molecule has 0 fully saturated rings. The molecule has 0 radical (unpaired) electrons. The molecule has 0 bridgehead atoms. The number of aryl methyl sites for hydroxylation is 1. The van der Waals surface area contributed by atoms with E-state index >= 15 is 0 Å². The van der Waals surface area contributed by atoms with Crippen molar-refractivity contribution in [3.63, 3.8) is 0 Å². The number of para-hydroxylation sites is 1. The second-order valence-electron chi connectivity index (χ2n) is 3.55. The fraction of sp³-hybridized carbons (Fsp3) is 0.154. The van der Waals surface area contributed by atoms with Crippen molar-refractivity contribution in [2.75, 3.05) is 0 Å². The Hall–Kier alpha value is -1.15. The number of hydrogen-bond donors (Lipinski definition) is 0. The zero-order chi connectivity index (χ0) is 10.8. The lowest BCUT2D eigenvalue weighted by Gasteiger charge is -2.08. The van der Waals surface area contributed by atoms with E-state index in [2.05, 4.69) is 40.0 Å². The summed E-state index contributed by atoms with van der Waals surface area (Å²) in [6.45, 7) is 4.16. The summed E-state index contributed by atoms with van der Waals surface area (Å²) in [4.78, 5) is 6.46. The highest BCUT2D eigenvalue weighted by Gasteiger charge is 2.05. The largest absolute Gasteiger partial charge is 0.253 e. The smallest absolute Gasteiger partial charge is 0.0711 e. The van der Waals surface area contributed by atoms with Crippen molar-refractivity contribution in [2.24, 2.45) is 0 Å². The zero-order valence-electron chi connectivity index (χ0n) is 8.79. The third-order valence-corrected chi connectivity index (χ3v) is 2.92. The van der Waals surface area contributed by atoms with Crippen molar-refractivity contribution < 1.29 is 0 Å². The molecule has 2 aromatic rings. The van der Waals surface area contributed by atoms with Gasteiger partial charge in [-0.1, -0.05) is 34.1 Å². The van der Waals surface area contributed by atoms with Crippen molar-refractivity contribution >= 4 is 32.9 Å². The Balaban J connectivity index is 2.89. The first-order valence-corrected chi connectivity index (χ1v) is 5.78. The number of pyridine rings is 1. The van der Waals surface area contributed by atoms with E-state index in [0.29, 0.717) is 0 Å². The summed E-state index contributed by atoms with van der Waals surface area (Å²) in [5.74, 6) is 0. The molecule has 2 heteroatoms.